The number of rotatable bonds is 5. The Hall–Kier alpha value is -7.88. The van der Waals surface area contributed by atoms with Crippen molar-refractivity contribution in [3.8, 4) is 44.5 Å². The highest BCUT2D eigenvalue weighted by molar-refractivity contribution is 6.25. The van der Waals surface area contributed by atoms with Crippen LogP contribution in [0.4, 0.5) is 0 Å². The summed E-state index contributed by atoms with van der Waals surface area (Å²) in [5.41, 5.74) is 11.8. The molecule has 0 saturated carbocycles. The minimum atomic E-state index is 1.12. The Kier molecular flexibility index (Phi) is 7.38. The molecule has 0 N–H and O–H groups in total. The van der Waals surface area contributed by atoms with Crippen molar-refractivity contribution in [2.24, 2.45) is 0 Å². The maximum Gasteiger partial charge on any atom is 0.0613 e. The lowest BCUT2D eigenvalue weighted by atomic mass is 9.86. The molecule has 274 valence electrons. The molecule has 59 heavy (non-hydrogen) atoms. The molecule has 0 fully saturated rings. The highest BCUT2D eigenvalue weighted by Gasteiger charge is 2.21. The van der Waals surface area contributed by atoms with E-state index in [1.165, 1.54) is 104 Å². The molecule has 0 saturated heterocycles. The molecule has 0 unspecified atom stereocenters. The van der Waals surface area contributed by atoms with Gasteiger partial charge >= 0.3 is 0 Å². The number of benzene rings is 9. The van der Waals surface area contributed by atoms with Crippen molar-refractivity contribution < 1.29 is 0 Å². The Morgan fingerprint density at radius 1 is 0.356 bits per heavy atom. The molecular formula is C56H35N3. The Morgan fingerprint density at radius 3 is 1.19 bits per heavy atom. The summed E-state index contributed by atoms with van der Waals surface area (Å²) in [5, 5.41) is 14.6. The second kappa shape index (κ2) is 13.1. The van der Waals surface area contributed by atoms with Crippen LogP contribution in [-0.4, -0.2) is 14.5 Å². The predicted octanol–water partition coefficient (Wildman–Crippen LogP) is 15.1. The van der Waals surface area contributed by atoms with E-state index in [0.29, 0.717) is 0 Å². The molecule has 9 aromatic carbocycles. The third-order valence-electron chi connectivity index (χ3n) is 12.3. The lowest BCUT2D eigenvalue weighted by Crippen LogP contribution is -1.92. The van der Waals surface area contributed by atoms with E-state index in [1.807, 2.05) is 43.1 Å². The molecule has 0 atom stereocenters. The fourth-order valence-electron chi connectivity index (χ4n) is 9.89. The number of hydrogen-bond acceptors (Lipinski definition) is 2. The topological polar surface area (TPSA) is 30.7 Å². The highest BCUT2D eigenvalue weighted by Crippen LogP contribution is 2.47. The van der Waals surface area contributed by atoms with Crippen LogP contribution in [0.2, 0.25) is 0 Å². The van der Waals surface area contributed by atoms with E-state index in [2.05, 4.69) is 179 Å². The summed E-state index contributed by atoms with van der Waals surface area (Å²) in [5.74, 6) is 0. The molecule has 0 aliphatic heterocycles. The average Bonchev–Trinajstić information content (AvgIpc) is 3.63. The summed E-state index contributed by atoms with van der Waals surface area (Å²) in [4.78, 5) is 8.99. The summed E-state index contributed by atoms with van der Waals surface area (Å²) in [6.45, 7) is 4.38. The normalized spacial score (nSPS) is 11.8. The third-order valence-corrected chi connectivity index (χ3v) is 12.3. The lowest BCUT2D eigenvalue weighted by Gasteiger charge is -2.18. The second-order valence-electron chi connectivity index (χ2n) is 15.3. The number of nitrogens with zero attached hydrogens (tertiary/aromatic N) is 3. The molecule has 0 spiro atoms. The van der Waals surface area contributed by atoms with Gasteiger partial charge in [-0.1, -0.05) is 152 Å². The van der Waals surface area contributed by atoms with E-state index >= 15 is 0 Å². The molecule has 0 radical (unpaired) electrons. The first-order valence-corrected chi connectivity index (χ1v) is 20.1. The van der Waals surface area contributed by atoms with Gasteiger partial charge in [0.15, 0.2) is 0 Å². The molecule has 12 aromatic rings. The molecule has 12 rings (SSSR count). The molecule has 0 aliphatic carbocycles. The van der Waals surface area contributed by atoms with Crippen LogP contribution in [0.15, 0.2) is 201 Å². The number of hydrogen-bond donors (Lipinski definition) is 0. The number of fused-ring (bicyclic) bond motifs is 9. The van der Waals surface area contributed by atoms with Crippen molar-refractivity contribution in [2.75, 3.05) is 0 Å². The van der Waals surface area contributed by atoms with Crippen LogP contribution in [0.1, 0.15) is 0 Å². The SMILES string of the molecule is C=Cn1c2cc(-c3c4ccccc4c(-c4cccnc4)c4ccccc34)ccc2c2ccc3cc(-c4c5ccccc5c(-c5cccnc5)c5ccccc45)ccc3c21. The van der Waals surface area contributed by atoms with Crippen molar-refractivity contribution in [3.05, 3.63) is 201 Å². The lowest BCUT2D eigenvalue weighted by molar-refractivity contribution is 1.31. The van der Waals surface area contributed by atoms with E-state index in [9.17, 15) is 0 Å². The van der Waals surface area contributed by atoms with E-state index < -0.39 is 0 Å². The fraction of sp³-hybridized carbons (Fsp3) is 0. The fourth-order valence-corrected chi connectivity index (χ4v) is 9.89. The quantitative estimate of drug-likeness (QED) is 0.164. The van der Waals surface area contributed by atoms with E-state index in [0.717, 1.165) is 16.6 Å². The zero-order valence-corrected chi connectivity index (χ0v) is 32.1. The number of aromatic nitrogens is 3. The first-order valence-electron chi connectivity index (χ1n) is 20.1. The van der Waals surface area contributed by atoms with Gasteiger partial charge in [0.05, 0.1) is 11.0 Å². The molecule has 3 aromatic heterocycles. The van der Waals surface area contributed by atoms with Crippen molar-refractivity contribution >= 4 is 81.9 Å². The van der Waals surface area contributed by atoms with Crippen molar-refractivity contribution in [1.29, 1.82) is 0 Å². The minimum Gasteiger partial charge on any atom is -0.316 e. The van der Waals surface area contributed by atoms with Gasteiger partial charge in [-0.05, 0) is 106 Å². The van der Waals surface area contributed by atoms with Gasteiger partial charge < -0.3 is 4.57 Å². The smallest absolute Gasteiger partial charge is 0.0613 e. The zero-order valence-electron chi connectivity index (χ0n) is 32.1. The van der Waals surface area contributed by atoms with Crippen LogP contribution in [0.3, 0.4) is 0 Å². The maximum absolute atomic E-state index is 4.49. The average molecular weight is 750 g/mol. The zero-order chi connectivity index (χ0) is 39.0. The summed E-state index contributed by atoms with van der Waals surface area (Å²) in [7, 11) is 0. The Morgan fingerprint density at radius 2 is 0.763 bits per heavy atom. The summed E-state index contributed by atoms with van der Waals surface area (Å²) in [6.07, 6.45) is 9.60. The van der Waals surface area contributed by atoms with Gasteiger partial charge in [-0.3, -0.25) is 9.97 Å². The summed E-state index contributed by atoms with van der Waals surface area (Å²) < 4.78 is 2.29. The van der Waals surface area contributed by atoms with Gasteiger partial charge in [0.25, 0.3) is 0 Å². The van der Waals surface area contributed by atoms with Gasteiger partial charge in [-0.15, -0.1) is 0 Å². The molecule has 3 heteroatoms. The second-order valence-corrected chi connectivity index (χ2v) is 15.3. The predicted molar refractivity (Wildman–Crippen MR) is 251 cm³/mol. The highest BCUT2D eigenvalue weighted by atomic mass is 15.0. The van der Waals surface area contributed by atoms with E-state index in [4.69, 9.17) is 0 Å². The van der Waals surface area contributed by atoms with Gasteiger partial charge in [-0.2, -0.15) is 0 Å². The third kappa shape index (κ3) is 4.95. The van der Waals surface area contributed by atoms with E-state index in [-0.39, 0.29) is 0 Å². The van der Waals surface area contributed by atoms with Crippen molar-refractivity contribution in [2.45, 2.75) is 0 Å². The summed E-state index contributed by atoms with van der Waals surface area (Å²) >= 11 is 0. The number of pyridine rings is 2. The standard InChI is InChI=1S/C56H35N3/c1-2-59-51-32-37(53-44-17-5-9-21-48(44)55(39-14-12-30-58-34-39)49-22-10-6-18-45(49)53)25-27-41(51)50-28-23-35-31-36(24-26-40(35)56(50)59)52-42-15-3-7-19-46(42)54(38-13-11-29-57-33-38)47-20-8-4-16-43(47)52/h2-34H,1H2. The van der Waals surface area contributed by atoms with Crippen LogP contribution in [-0.2, 0) is 0 Å². The van der Waals surface area contributed by atoms with Gasteiger partial charge in [0.1, 0.15) is 0 Å². The van der Waals surface area contributed by atoms with Crippen LogP contribution in [0, 0.1) is 0 Å². The molecule has 3 nitrogen and oxygen atoms in total. The molecule has 0 amide bonds. The molecular weight excluding hydrogens is 715 g/mol. The van der Waals surface area contributed by atoms with Gasteiger partial charge in [-0.25, -0.2) is 0 Å². The van der Waals surface area contributed by atoms with Crippen molar-refractivity contribution in [1.82, 2.24) is 14.5 Å². The first kappa shape index (κ1) is 33.3. The molecule has 0 aliphatic rings. The van der Waals surface area contributed by atoms with Crippen LogP contribution >= 0.6 is 0 Å². The van der Waals surface area contributed by atoms with Gasteiger partial charge in [0.2, 0.25) is 0 Å². The monoisotopic (exact) mass is 749 g/mol. The molecule has 3 heterocycles. The Balaban J connectivity index is 1.08. The molecule has 0 bridgehead atoms. The van der Waals surface area contributed by atoms with Crippen LogP contribution in [0.5, 0.6) is 0 Å². The van der Waals surface area contributed by atoms with Crippen LogP contribution < -0.4 is 0 Å². The largest absolute Gasteiger partial charge is 0.316 e. The van der Waals surface area contributed by atoms with Crippen LogP contribution in [0.25, 0.3) is 126 Å². The van der Waals surface area contributed by atoms with Crippen molar-refractivity contribution in [3.63, 3.8) is 0 Å². The van der Waals surface area contributed by atoms with E-state index in [1.54, 1.807) is 0 Å². The first-order chi connectivity index (χ1) is 29.3. The summed E-state index contributed by atoms with van der Waals surface area (Å²) in [6, 6.07) is 62.0. The Bertz CT molecular complexity index is 3560. The minimum absolute atomic E-state index is 1.12. The Labute approximate surface area is 340 Å². The maximum atomic E-state index is 4.49. The van der Waals surface area contributed by atoms with Gasteiger partial charge in [0, 0.05) is 58.3 Å².